The lowest BCUT2D eigenvalue weighted by molar-refractivity contribution is -0.120. The van der Waals surface area contributed by atoms with Gasteiger partial charge in [-0.05, 0) is 56.0 Å². The molecule has 0 saturated carbocycles. The first-order chi connectivity index (χ1) is 16.8. The Morgan fingerprint density at radius 1 is 1.06 bits per heavy atom. The van der Waals surface area contributed by atoms with E-state index in [9.17, 15) is 23.3 Å². The fourth-order valence-corrected chi connectivity index (χ4v) is 6.24. The van der Waals surface area contributed by atoms with Crippen LogP contribution in [-0.2, 0) is 19.6 Å². The van der Waals surface area contributed by atoms with Crippen molar-refractivity contribution in [1.82, 2.24) is 4.31 Å². The first-order valence-electron chi connectivity index (χ1n) is 11.6. The van der Waals surface area contributed by atoms with Crippen molar-refractivity contribution in [2.45, 2.75) is 30.6 Å². The van der Waals surface area contributed by atoms with Gasteiger partial charge in [0.15, 0.2) is 0 Å². The summed E-state index contributed by atoms with van der Waals surface area (Å²) in [7, 11) is -2.52. The second kappa shape index (κ2) is 10.5. The van der Waals surface area contributed by atoms with Gasteiger partial charge in [-0.15, -0.1) is 0 Å². The van der Waals surface area contributed by atoms with E-state index in [2.05, 4.69) is 10.2 Å². The summed E-state index contributed by atoms with van der Waals surface area (Å²) in [5, 5.41) is 12.3. The Morgan fingerprint density at radius 2 is 1.74 bits per heavy atom. The Morgan fingerprint density at radius 3 is 2.40 bits per heavy atom. The van der Waals surface area contributed by atoms with E-state index in [0.29, 0.717) is 24.1 Å². The van der Waals surface area contributed by atoms with Gasteiger partial charge >= 0.3 is 5.97 Å². The van der Waals surface area contributed by atoms with Gasteiger partial charge < -0.3 is 15.0 Å². The van der Waals surface area contributed by atoms with Gasteiger partial charge in [-0.3, -0.25) is 4.79 Å². The smallest absolute Gasteiger partial charge is 0.337 e. The van der Waals surface area contributed by atoms with Crippen LogP contribution < -0.4 is 10.2 Å². The second-order valence-electron chi connectivity index (χ2n) is 8.69. The van der Waals surface area contributed by atoms with Crippen LogP contribution in [0.15, 0.2) is 47.4 Å². The summed E-state index contributed by atoms with van der Waals surface area (Å²) in [6.45, 7) is 2.12. The molecule has 0 atom stereocenters. The fraction of sp³-hybridized carbons (Fsp3) is 0.400. The third kappa shape index (κ3) is 5.16. The zero-order chi connectivity index (χ0) is 25.0. The second-order valence-corrected chi connectivity index (χ2v) is 10.6. The number of amides is 1. The van der Waals surface area contributed by atoms with E-state index >= 15 is 0 Å². The molecule has 4 rings (SSSR count). The van der Waals surface area contributed by atoms with Crippen LogP contribution in [0.3, 0.4) is 0 Å². The monoisotopic (exact) mass is 496 g/mol. The van der Waals surface area contributed by atoms with E-state index in [-0.39, 0.29) is 35.4 Å². The first kappa shape index (κ1) is 24.7. The quantitative estimate of drug-likeness (QED) is 0.611. The van der Waals surface area contributed by atoms with Crippen LogP contribution in [-0.4, -0.2) is 57.9 Å². The van der Waals surface area contributed by atoms with Crippen molar-refractivity contribution < 1.29 is 22.7 Å². The number of benzene rings is 2. The molecule has 0 bridgehead atoms. The van der Waals surface area contributed by atoms with E-state index in [1.54, 1.807) is 24.3 Å². The van der Waals surface area contributed by atoms with E-state index in [1.165, 1.54) is 23.5 Å². The molecular weight excluding hydrogens is 468 g/mol. The standard InChI is InChI=1S/C25H28N4O5S/c1-34-25(31)19-8-9-22(28-12-4-5-13-28)21(16-19)27-24(30)18-10-14-29(15-11-18)35(32,33)23-7-3-2-6-20(23)17-26/h2-3,6-9,16,18H,4-5,10-15H2,1H3,(H,27,30). The van der Waals surface area contributed by atoms with Crippen molar-refractivity contribution in [1.29, 1.82) is 5.26 Å². The number of sulfonamides is 1. The number of nitrogens with one attached hydrogen (secondary N) is 1. The number of esters is 1. The molecule has 10 heteroatoms. The molecule has 2 fully saturated rings. The molecule has 0 radical (unpaired) electrons. The van der Waals surface area contributed by atoms with E-state index < -0.39 is 16.0 Å². The van der Waals surface area contributed by atoms with Crippen molar-refractivity contribution in [2.24, 2.45) is 5.92 Å². The minimum atomic E-state index is -3.83. The Bertz CT molecular complexity index is 1260. The van der Waals surface area contributed by atoms with Crippen LogP contribution in [0.1, 0.15) is 41.6 Å². The van der Waals surface area contributed by atoms with Gasteiger partial charge in [-0.25, -0.2) is 13.2 Å². The molecular formula is C25H28N4O5S. The molecule has 1 amide bonds. The third-order valence-corrected chi connectivity index (χ3v) is 8.53. The molecule has 9 nitrogen and oxygen atoms in total. The molecule has 184 valence electrons. The number of nitriles is 1. The lowest BCUT2D eigenvalue weighted by atomic mass is 9.97. The number of carbonyl (C=O) groups excluding carboxylic acids is 2. The highest BCUT2D eigenvalue weighted by Crippen LogP contribution is 2.32. The molecule has 0 spiro atoms. The van der Waals surface area contributed by atoms with Gasteiger partial charge in [0.2, 0.25) is 15.9 Å². The molecule has 0 aromatic heterocycles. The Balaban J connectivity index is 1.47. The summed E-state index contributed by atoms with van der Waals surface area (Å²) in [6.07, 6.45) is 2.84. The summed E-state index contributed by atoms with van der Waals surface area (Å²) in [5.41, 5.74) is 1.87. The number of piperidine rings is 1. The van der Waals surface area contributed by atoms with Crippen molar-refractivity contribution in [3.8, 4) is 6.07 Å². The van der Waals surface area contributed by atoms with Gasteiger partial charge in [0, 0.05) is 32.1 Å². The van der Waals surface area contributed by atoms with Gasteiger partial charge in [-0.1, -0.05) is 12.1 Å². The van der Waals surface area contributed by atoms with Crippen molar-refractivity contribution in [2.75, 3.05) is 43.5 Å². The van der Waals surface area contributed by atoms with Crippen LogP contribution in [0.25, 0.3) is 0 Å². The SMILES string of the molecule is COC(=O)c1ccc(N2CCCC2)c(NC(=O)C2CCN(S(=O)(=O)c3ccccc3C#N)CC2)c1. The number of rotatable bonds is 6. The Labute approximate surface area is 205 Å². The predicted molar refractivity (Wildman–Crippen MR) is 130 cm³/mol. The van der Waals surface area contributed by atoms with Crippen molar-refractivity contribution in [3.63, 3.8) is 0 Å². The van der Waals surface area contributed by atoms with Gasteiger partial charge in [0.25, 0.3) is 0 Å². The molecule has 2 aromatic rings. The van der Waals surface area contributed by atoms with Gasteiger partial charge in [-0.2, -0.15) is 9.57 Å². The zero-order valence-electron chi connectivity index (χ0n) is 19.6. The van der Waals surface area contributed by atoms with Crippen LogP contribution in [0, 0.1) is 17.2 Å². The number of nitrogens with zero attached hydrogens (tertiary/aromatic N) is 3. The molecule has 2 aliphatic rings. The minimum absolute atomic E-state index is 0.0136. The van der Waals surface area contributed by atoms with E-state index in [1.807, 2.05) is 12.1 Å². The van der Waals surface area contributed by atoms with Crippen LogP contribution in [0.4, 0.5) is 11.4 Å². The normalized spacial score (nSPS) is 17.1. The Hall–Kier alpha value is -3.42. The molecule has 2 aromatic carbocycles. The number of hydrogen-bond donors (Lipinski definition) is 1. The number of hydrogen-bond acceptors (Lipinski definition) is 7. The van der Waals surface area contributed by atoms with Crippen LogP contribution in [0.2, 0.25) is 0 Å². The summed E-state index contributed by atoms with van der Waals surface area (Å²) in [4.78, 5) is 27.4. The first-order valence-corrected chi connectivity index (χ1v) is 13.1. The highest BCUT2D eigenvalue weighted by atomic mass is 32.2. The van der Waals surface area contributed by atoms with Gasteiger partial charge in [0.1, 0.15) is 6.07 Å². The molecule has 0 unspecified atom stereocenters. The number of anilines is 2. The predicted octanol–water partition coefficient (Wildman–Crippen LogP) is 2.98. The maximum absolute atomic E-state index is 13.2. The fourth-order valence-electron chi connectivity index (χ4n) is 4.63. The molecule has 2 heterocycles. The van der Waals surface area contributed by atoms with Crippen molar-refractivity contribution >= 4 is 33.3 Å². The average molecular weight is 497 g/mol. The molecule has 0 aliphatic carbocycles. The third-order valence-electron chi connectivity index (χ3n) is 6.57. The molecule has 2 saturated heterocycles. The lowest BCUT2D eigenvalue weighted by Gasteiger charge is -2.31. The lowest BCUT2D eigenvalue weighted by Crippen LogP contribution is -2.41. The average Bonchev–Trinajstić information content (AvgIpc) is 3.43. The van der Waals surface area contributed by atoms with E-state index in [4.69, 9.17) is 4.74 Å². The Kier molecular flexibility index (Phi) is 7.38. The summed E-state index contributed by atoms with van der Waals surface area (Å²) >= 11 is 0. The largest absolute Gasteiger partial charge is 0.465 e. The summed E-state index contributed by atoms with van der Waals surface area (Å²) in [6, 6.07) is 13.2. The van der Waals surface area contributed by atoms with E-state index in [0.717, 1.165) is 31.6 Å². The highest BCUT2D eigenvalue weighted by Gasteiger charge is 2.33. The van der Waals surface area contributed by atoms with Crippen LogP contribution in [0.5, 0.6) is 0 Å². The molecule has 1 N–H and O–H groups in total. The van der Waals surface area contributed by atoms with Crippen LogP contribution >= 0.6 is 0 Å². The van der Waals surface area contributed by atoms with Gasteiger partial charge in [0.05, 0.1) is 34.5 Å². The maximum Gasteiger partial charge on any atom is 0.337 e. The number of methoxy groups -OCH3 is 1. The zero-order valence-corrected chi connectivity index (χ0v) is 20.4. The minimum Gasteiger partial charge on any atom is -0.465 e. The maximum atomic E-state index is 13.2. The van der Waals surface area contributed by atoms with Crippen molar-refractivity contribution in [3.05, 3.63) is 53.6 Å². The highest BCUT2D eigenvalue weighted by molar-refractivity contribution is 7.89. The number of ether oxygens (including phenoxy) is 1. The molecule has 35 heavy (non-hydrogen) atoms. The summed E-state index contributed by atoms with van der Waals surface area (Å²) in [5.74, 6) is -1.06. The summed E-state index contributed by atoms with van der Waals surface area (Å²) < 4.78 is 32.3. The molecule has 2 aliphatic heterocycles. The topological polar surface area (TPSA) is 120 Å². The number of carbonyl (C=O) groups is 2.